The van der Waals surface area contributed by atoms with Crippen LogP contribution in [0.2, 0.25) is 0 Å². The smallest absolute Gasteiger partial charge is 0.246 e. The first-order valence-corrected chi connectivity index (χ1v) is 6.97. The van der Waals surface area contributed by atoms with Gasteiger partial charge in [0.1, 0.15) is 5.69 Å². The highest BCUT2D eigenvalue weighted by Gasteiger charge is 2.27. The Morgan fingerprint density at radius 2 is 2.17 bits per heavy atom. The molecule has 0 aromatic carbocycles. The highest BCUT2D eigenvalue weighted by atomic mass is 79.9. The van der Waals surface area contributed by atoms with Crippen molar-refractivity contribution in [2.75, 3.05) is 0 Å². The van der Waals surface area contributed by atoms with E-state index in [0.717, 1.165) is 8.95 Å². The fourth-order valence-corrected chi connectivity index (χ4v) is 2.45. The molecule has 2 rings (SSSR count). The number of aromatic nitrogens is 3. The molecule has 2 heterocycles. The molecule has 1 atom stereocenters. The summed E-state index contributed by atoms with van der Waals surface area (Å²) in [5.74, 6) is 0.839. The molecule has 0 fully saturated rings. The summed E-state index contributed by atoms with van der Waals surface area (Å²) < 4.78 is 6.87. The minimum atomic E-state index is -0.618. The molecule has 0 aliphatic heterocycles. The largest absolute Gasteiger partial charge is 0.337 e. The maximum absolute atomic E-state index is 6.06. The number of halogens is 2. The standard InChI is InChI=1S/C11H12Br2N4O/c1-3-11(2,14)10-16-9(17-18-10)8-7(13)4-6(12)5-15-8/h4-5H,3,14H2,1-2H3. The van der Waals surface area contributed by atoms with Crippen LogP contribution < -0.4 is 5.73 Å². The van der Waals surface area contributed by atoms with E-state index in [1.54, 1.807) is 6.20 Å². The fourth-order valence-electron chi connectivity index (χ4n) is 1.28. The molecule has 0 aliphatic rings. The van der Waals surface area contributed by atoms with Gasteiger partial charge in [-0.15, -0.1) is 0 Å². The van der Waals surface area contributed by atoms with Gasteiger partial charge >= 0.3 is 0 Å². The predicted molar refractivity (Wildman–Crippen MR) is 74.8 cm³/mol. The molecular weight excluding hydrogens is 364 g/mol. The van der Waals surface area contributed by atoms with Crippen molar-refractivity contribution in [1.82, 2.24) is 15.1 Å². The molecule has 0 saturated heterocycles. The van der Waals surface area contributed by atoms with Crippen LogP contribution in [0, 0.1) is 0 Å². The van der Waals surface area contributed by atoms with Gasteiger partial charge in [-0.2, -0.15) is 4.98 Å². The molecule has 0 saturated carbocycles. The van der Waals surface area contributed by atoms with Gasteiger partial charge in [0.25, 0.3) is 0 Å². The second-order valence-corrected chi connectivity index (χ2v) is 5.95. The molecule has 0 radical (unpaired) electrons. The van der Waals surface area contributed by atoms with Gasteiger partial charge in [-0.05, 0) is 51.3 Å². The van der Waals surface area contributed by atoms with Crippen LogP contribution in [0.3, 0.4) is 0 Å². The minimum Gasteiger partial charge on any atom is -0.337 e. The van der Waals surface area contributed by atoms with E-state index in [2.05, 4.69) is 47.0 Å². The number of nitrogens with two attached hydrogens (primary N) is 1. The molecule has 0 spiro atoms. The lowest BCUT2D eigenvalue weighted by Crippen LogP contribution is -2.32. The molecule has 2 aromatic heterocycles. The average Bonchev–Trinajstić information content (AvgIpc) is 2.79. The summed E-state index contributed by atoms with van der Waals surface area (Å²) in [6.45, 7) is 3.83. The first-order valence-electron chi connectivity index (χ1n) is 5.38. The summed E-state index contributed by atoms with van der Waals surface area (Å²) in [6.07, 6.45) is 2.39. The summed E-state index contributed by atoms with van der Waals surface area (Å²) in [7, 11) is 0. The molecule has 2 N–H and O–H groups in total. The Hall–Kier alpha value is -0.790. The zero-order valence-electron chi connectivity index (χ0n) is 9.94. The van der Waals surface area contributed by atoms with Gasteiger partial charge in [-0.25, -0.2) is 0 Å². The van der Waals surface area contributed by atoms with Gasteiger partial charge in [0.2, 0.25) is 11.7 Å². The van der Waals surface area contributed by atoms with E-state index >= 15 is 0 Å². The zero-order chi connectivity index (χ0) is 13.3. The van der Waals surface area contributed by atoms with E-state index in [0.29, 0.717) is 23.8 Å². The summed E-state index contributed by atoms with van der Waals surface area (Å²) >= 11 is 6.76. The van der Waals surface area contributed by atoms with Crippen molar-refractivity contribution in [3.63, 3.8) is 0 Å². The third-order valence-corrected chi connectivity index (χ3v) is 3.71. The number of hydrogen-bond acceptors (Lipinski definition) is 5. The first kappa shape index (κ1) is 13.6. The molecule has 0 aliphatic carbocycles. The molecule has 0 amide bonds. The maximum Gasteiger partial charge on any atom is 0.246 e. The molecule has 5 nitrogen and oxygen atoms in total. The molecule has 18 heavy (non-hydrogen) atoms. The number of pyridine rings is 1. The first-order chi connectivity index (χ1) is 8.44. The van der Waals surface area contributed by atoms with Crippen LogP contribution in [0.1, 0.15) is 26.2 Å². The summed E-state index contributed by atoms with van der Waals surface area (Å²) in [4.78, 5) is 8.55. The van der Waals surface area contributed by atoms with E-state index in [-0.39, 0.29) is 0 Å². The summed E-state index contributed by atoms with van der Waals surface area (Å²) in [6, 6.07) is 1.87. The van der Waals surface area contributed by atoms with Gasteiger partial charge < -0.3 is 10.3 Å². The third kappa shape index (κ3) is 2.62. The van der Waals surface area contributed by atoms with E-state index in [1.807, 2.05) is 19.9 Å². The Balaban J connectivity index is 2.41. The number of nitrogens with zero attached hydrogens (tertiary/aromatic N) is 3. The second-order valence-electron chi connectivity index (χ2n) is 4.18. The van der Waals surface area contributed by atoms with E-state index in [9.17, 15) is 0 Å². The van der Waals surface area contributed by atoms with Crippen LogP contribution in [-0.2, 0) is 5.54 Å². The summed E-state index contributed by atoms with van der Waals surface area (Å²) in [5.41, 5.74) is 6.06. The van der Waals surface area contributed by atoms with Crippen LogP contribution in [0.15, 0.2) is 25.7 Å². The van der Waals surface area contributed by atoms with Crippen molar-refractivity contribution >= 4 is 31.9 Å². The quantitative estimate of drug-likeness (QED) is 0.890. The van der Waals surface area contributed by atoms with Gasteiger partial charge in [0.15, 0.2) is 0 Å². The van der Waals surface area contributed by atoms with Crippen LogP contribution in [-0.4, -0.2) is 15.1 Å². The van der Waals surface area contributed by atoms with Crippen LogP contribution in [0.5, 0.6) is 0 Å². The highest BCUT2D eigenvalue weighted by Crippen LogP contribution is 2.28. The Kier molecular flexibility index (Phi) is 3.84. The lowest BCUT2D eigenvalue weighted by atomic mass is 10.0. The van der Waals surface area contributed by atoms with Gasteiger partial charge in [0, 0.05) is 15.1 Å². The molecular formula is C11H12Br2N4O. The Labute approximate surface area is 121 Å². The zero-order valence-corrected chi connectivity index (χ0v) is 13.1. The Morgan fingerprint density at radius 3 is 2.78 bits per heavy atom. The van der Waals surface area contributed by atoms with Crippen LogP contribution >= 0.6 is 31.9 Å². The molecule has 7 heteroatoms. The minimum absolute atomic E-state index is 0.414. The third-order valence-electron chi connectivity index (χ3n) is 2.67. The molecule has 2 aromatic rings. The Morgan fingerprint density at radius 1 is 1.44 bits per heavy atom. The van der Waals surface area contributed by atoms with Crippen molar-refractivity contribution < 1.29 is 4.52 Å². The summed E-state index contributed by atoms with van der Waals surface area (Å²) in [5, 5.41) is 3.92. The van der Waals surface area contributed by atoms with E-state index in [1.165, 1.54) is 0 Å². The van der Waals surface area contributed by atoms with Crippen LogP contribution in [0.25, 0.3) is 11.5 Å². The van der Waals surface area contributed by atoms with E-state index < -0.39 is 5.54 Å². The predicted octanol–water partition coefficient (Wildman–Crippen LogP) is 3.24. The normalized spacial score (nSPS) is 14.5. The lowest BCUT2D eigenvalue weighted by Gasteiger charge is -2.16. The van der Waals surface area contributed by atoms with Crippen LogP contribution in [0.4, 0.5) is 0 Å². The topological polar surface area (TPSA) is 77.8 Å². The molecule has 0 bridgehead atoms. The number of rotatable bonds is 3. The van der Waals surface area contributed by atoms with Gasteiger partial charge in [0.05, 0.1) is 5.54 Å². The van der Waals surface area contributed by atoms with Crippen molar-refractivity contribution in [2.45, 2.75) is 25.8 Å². The number of hydrogen-bond donors (Lipinski definition) is 1. The van der Waals surface area contributed by atoms with Gasteiger partial charge in [-0.1, -0.05) is 12.1 Å². The SMILES string of the molecule is CCC(C)(N)c1nc(-c2ncc(Br)cc2Br)no1. The van der Waals surface area contributed by atoms with Crippen molar-refractivity contribution in [2.24, 2.45) is 5.73 Å². The van der Waals surface area contributed by atoms with Crippen molar-refractivity contribution in [3.8, 4) is 11.5 Å². The van der Waals surface area contributed by atoms with Crippen molar-refractivity contribution in [3.05, 3.63) is 27.1 Å². The maximum atomic E-state index is 6.06. The average molecular weight is 376 g/mol. The lowest BCUT2D eigenvalue weighted by molar-refractivity contribution is 0.291. The van der Waals surface area contributed by atoms with Crippen molar-refractivity contribution in [1.29, 1.82) is 0 Å². The molecule has 96 valence electrons. The fraction of sp³-hybridized carbons (Fsp3) is 0.364. The highest BCUT2D eigenvalue weighted by molar-refractivity contribution is 9.11. The van der Waals surface area contributed by atoms with Gasteiger partial charge in [-0.3, -0.25) is 4.98 Å². The molecule has 1 unspecified atom stereocenters. The monoisotopic (exact) mass is 374 g/mol. The second kappa shape index (κ2) is 5.07. The Bertz CT molecular complexity index is 568. The van der Waals surface area contributed by atoms with E-state index in [4.69, 9.17) is 10.3 Å².